The maximum absolute atomic E-state index is 12.2. The van der Waals surface area contributed by atoms with Gasteiger partial charge in [0, 0.05) is 42.5 Å². The molecule has 0 saturated carbocycles. The maximum atomic E-state index is 12.2. The van der Waals surface area contributed by atoms with Crippen LogP contribution in [0, 0.1) is 0 Å². The number of rotatable bonds is 4. The molecule has 0 atom stereocenters. The second-order valence-corrected chi connectivity index (χ2v) is 7.54. The molecule has 1 aromatic carbocycles. The summed E-state index contributed by atoms with van der Waals surface area (Å²) < 4.78 is 0.936. The van der Waals surface area contributed by atoms with Crippen molar-refractivity contribution >= 4 is 56.5 Å². The predicted octanol–water partition coefficient (Wildman–Crippen LogP) is 3.91. The molecular weight excluding hydrogens is 427 g/mol. The van der Waals surface area contributed by atoms with Crippen LogP contribution in [0.1, 0.15) is 0 Å². The Morgan fingerprint density at radius 3 is 2.64 bits per heavy atom. The summed E-state index contributed by atoms with van der Waals surface area (Å²) in [7, 11) is 0. The number of carbonyl (C=O) groups is 1. The van der Waals surface area contributed by atoms with E-state index < -0.39 is 0 Å². The number of pyridine rings is 1. The Morgan fingerprint density at radius 2 is 1.96 bits per heavy atom. The highest BCUT2D eigenvalue weighted by molar-refractivity contribution is 9.10. The summed E-state index contributed by atoms with van der Waals surface area (Å²) >= 11 is 15.5. The lowest BCUT2D eigenvalue weighted by Crippen LogP contribution is -2.49. The monoisotopic (exact) mass is 442 g/mol. The fourth-order valence-electron chi connectivity index (χ4n) is 2.73. The summed E-state index contributed by atoms with van der Waals surface area (Å²) in [6, 6.07) is 9.26. The van der Waals surface area contributed by atoms with Crippen LogP contribution in [0.25, 0.3) is 0 Å². The first-order chi connectivity index (χ1) is 12.0. The lowest BCUT2D eigenvalue weighted by Gasteiger charge is -2.35. The number of amides is 1. The largest absolute Gasteiger partial charge is 0.353 e. The van der Waals surface area contributed by atoms with Gasteiger partial charge < -0.3 is 10.2 Å². The highest BCUT2D eigenvalue weighted by atomic mass is 79.9. The van der Waals surface area contributed by atoms with E-state index >= 15 is 0 Å². The zero-order valence-electron chi connectivity index (χ0n) is 13.4. The number of carbonyl (C=O) groups excluding carboxylic acids is 1. The molecule has 5 nitrogen and oxygen atoms in total. The van der Waals surface area contributed by atoms with Crippen molar-refractivity contribution in [3.05, 3.63) is 51.0 Å². The standard InChI is InChI=1S/C17H17BrCl2N4O/c18-12-2-1-3-14(8-12)22-16(25)11-23-4-6-24(7-5-23)17-15(20)9-13(19)10-21-17/h1-3,8-10H,4-7,11H2,(H,22,25). The molecule has 8 heteroatoms. The molecule has 1 aromatic heterocycles. The third kappa shape index (κ3) is 5.07. The van der Waals surface area contributed by atoms with Crippen LogP contribution in [-0.2, 0) is 4.79 Å². The van der Waals surface area contributed by atoms with Gasteiger partial charge in [-0.25, -0.2) is 4.98 Å². The van der Waals surface area contributed by atoms with Gasteiger partial charge in [0.25, 0.3) is 0 Å². The first kappa shape index (κ1) is 18.5. The number of anilines is 2. The molecule has 0 spiro atoms. The topological polar surface area (TPSA) is 48.5 Å². The van der Waals surface area contributed by atoms with Gasteiger partial charge in [0.2, 0.25) is 5.91 Å². The van der Waals surface area contributed by atoms with Gasteiger partial charge in [0.05, 0.1) is 16.6 Å². The molecule has 1 amide bonds. The van der Waals surface area contributed by atoms with Crippen molar-refractivity contribution in [3.8, 4) is 0 Å². The number of aromatic nitrogens is 1. The molecule has 1 aliphatic heterocycles. The summed E-state index contributed by atoms with van der Waals surface area (Å²) in [5, 5.41) is 3.99. The van der Waals surface area contributed by atoms with Crippen molar-refractivity contribution in [2.24, 2.45) is 0 Å². The van der Waals surface area contributed by atoms with E-state index in [1.165, 1.54) is 0 Å². The molecule has 0 bridgehead atoms. The van der Waals surface area contributed by atoms with Crippen molar-refractivity contribution in [3.63, 3.8) is 0 Å². The van der Waals surface area contributed by atoms with E-state index in [0.717, 1.165) is 42.2 Å². The Morgan fingerprint density at radius 1 is 1.20 bits per heavy atom. The SMILES string of the molecule is O=C(CN1CCN(c2ncc(Cl)cc2Cl)CC1)Nc1cccc(Br)c1. The minimum absolute atomic E-state index is 0.0193. The predicted molar refractivity (Wildman–Crippen MR) is 106 cm³/mol. The van der Waals surface area contributed by atoms with Gasteiger partial charge in [-0.2, -0.15) is 0 Å². The quantitative estimate of drug-likeness (QED) is 0.778. The van der Waals surface area contributed by atoms with Crippen molar-refractivity contribution in [2.75, 3.05) is 42.9 Å². The summed E-state index contributed by atoms with van der Waals surface area (Å²) in [4.78, 5) is 20.7. The van der Waals surface area contributed by atoms with Crippen LogP contribution in [0.4, 0.5) is 11.5 Å². The van der Waals surface area contributed by atoms with E-state index in [1.54, 1.807) is 12.3 Å². The molecule has 2 heterocycles. The van der Waals surface area contributed by atoms with Crippen LogP contribution in [-0.4, -0.2) is 48.5 Å². The third-order valence-corrected chi connectivity index (χ3v) is 4.91. The van der Waals surface area contributed by atoms with Gasteiger partial charge >= 0.3 is 0 Å². The first-order valence-electron chi connectivity index (χ1n) is 7.85. The van der Waals surface area contributed by atoms with Gasteiger partial charge in [-0.1, -0.05) is 45.2 Å². The Labute approximate surface area is 165 Å². The summed E-state index contributed by atoms with van der Waals surface area (Å²) in [5.41, 5.74) is 0.787. The molecule has 2 aromatic rings. The van der Waals surface area contributed by atoms with Crippen molar-refractivity contribution in [1.29, 1.82) is 0 Å². The summed E-state index contributed by atoms with van der Waals surface area (Å²) in [5.74, 6) is 0.721. The number of nitrogens with zero attached hydrogens (tertiary/aromatic N) is 3. The number of halogens is 3. The second kappa shape index (κ2) is 8.36. The van der Waals surface area contributed by atoms with Gasteiger partial charge in [0.1, 0.15) is 5.82 Å². The van der Waals surface area contributed by atoms with Gasteiger partial charge in [-0.15, -0.1) is 0 Å². The molecule has 132 valence electrons. The van der Waals surface area contributed by atoms with E-state index in [4.69, 9.17) is 23.2 Å². The minimum Gasteiger partial charge on any atom is -0.353 e. The zero-order chi connectivity index (χ0) is 17.8. The lowest BCUT2D eigenvalue weighted by atomic mass is 10.3. The number of nitrogens with one attached hydrogen (secondary N) is 1. The first-order valence-corrected chi connectivity index (χ1v) is 9.40. The van der Waals surface area contributed by atoms with E-state index in [-0.39, 0.29) is 5.91 Å². The van der Waals surface area contributed by atoms with Crippen LogP contribution < -0.4 is 10.2 Å². The summed E-state index contributed by atoms with van der Waals surface area (Å²) in [6.07, 6.45) is 1.60. The Balaban J connectivity index is 1.51. The van der Waals surface area contributed by atoms with Gasteiger partial charge in [0.15, 0.2) is 0 Å². The fourth-order valence-corrected chi connectivity index (χ4v) is 3.63. The molecule has 3 rings (SSSR count). The van der Waals surface area contributed by atoms with E-state index in [0.29, 0.717) is 16.6 Å². The minimum atomic E-state index is -0.0193. The maximum Gasteiger partial charge on any atom is 0.238 e. The van der Waals surface area contributed by atoms with Crippen molar-refractivity contribution in [1.82, 2.24) is 9.88 Å². The Hall–Kier alpha value is -1.34. The Bertz CT molecular complexity index is 766. The number of hydrogen-bond donors (Lipinski definition) is 1. The average Bonchev–Trinajstić information content (AvgIpc) is 2.56. The van der Waals surface area contributed by atoms with Crippen LogP contribution in [0.15, 0.2) is 41.0 Å². The highest BCUT2D eigenvalue weighted by Gasteiger charge is 2.21. The highest BCUT2D eigenvalue weighted by Crippen LogP contribution is 2.26. The normalized spacial score (nSPS) is 15.2. The molecule has 25 heavy (non-hydrogen) atoms. The zero-order valence-corrected chi connectivity index (χ0v) is 16.5. The molecule has 1 saturated heterocycles. The second-order valence-electron chi connectivity index (χ2n) is 5.78. The molecule has 0 aliphatic carbocycles. The van der Waals surface area contributed by atoms with Gasteiger partial charge in [-0.3, -0.25) is 9.69 Å². The molecular formula is C17H17BrCl2N4O. The summed E-state index contributed by atoms with van der Waals surface area (Å²) in [6.45, 7) is 3.43. The average molecular weight is 444 g/mol. The van der Waals surface area contributed by atoms with Gasteiger partial charge in [-0.05, 0) is 24.3 Å². The van der Waals surface area contributed by atoms with E-state index in [9.17, 15) is 4.79 Å². The van der Waals surface area contributed by atoms with Crippen molar-refractivity contribution in [2.45, 2.75) is 0 Å². The Kier molecular flexibility index (Phi) is 6.17. The smallest absolute Gasteiger partial charge is 0.238 e. The number of benzene rings is 1. The number of piperazine rings is 1. The third-order valence-electron chi connectivity index (χ3n) is 3.94. The number of hydrogen-bond acceptors (Lipinski definition) is 4. The molecule has 0 unspecified atom stereocenters. The van der Waals surface area contributed by atoms with Crippen LogP contribution in [0.5, 0.6) is 0 Å². The van der Waals surface area contributed by atoms with E-state index in [1.807, 2.05) is 24.3 Å². The van der Waals surface area contributed by atoms with Crippen LogP contribution in [0.2, 0.25) is 10.0 Å². The van der Waals surface area contributed by atoms with Crippen molar-refractivity contribution < 1.29 is 4.79 Å². The lowest BCUT2D eigenvalue weighted by molar-refractivity contribution is -0.117. The van der Waals surface area contributed by atoms with Crippen LogP contribution in [0.3, 0.4) is 0 Å². The molecule has 1 aliphatic rings. The molecule has 0 radical (unpaired) electrons. The molecule has 1 fully saturated rings. The van der Waals surface area contributed by atoms with Crippen LogP contribution >= 0.6 is 39.1 Å². The van der Waals surface area contributed by atoms with E-state index in [2.05, 4.69) is 36.0 Å². The fraction of sp³-hybridized carbons (Fsp3) is 0.294. The molecule has 1 N–H and O–H groups in total.